The lowest BCUT2D eigenvalue weighted by Crippen LogP contribution is -2.42. The third kappa shape index (κ3) is 4.48. The van der Waals surface area contributed by atoms with E-state index in [0.29, 0.717) is 43.1 Å². The maximum absolute atomic E-state index is 12.5. The van der Waals surface area contributed by atoms with E-state index in [9.17, 15) is 9.59 Å². The first-order valence-electron chi connectivity index (χ1n) is 9.89. The molecule has 2 heterocycles. The van der Waals surface area contributed by atoms with E-state index in [-0.39, 0.29) is 24.5 Å². The van der Waals surface area contributed by atoms with E-state index >= 15 is 0 Å². The maximum atomic E-state index is 12.5. The molecule has 8 heteroatoms. The molecule has 4 rings (SSSR count). The van der Waals surface area contributed by atoms with Crippen LogP contribution < -0.4 is 11.1 Å². The number of hydrogen-bond donors (Lipinski definition) is 2. The van der Waals surface area contributed by atoms with Crippen LogP contribution in [0.15, 0.2) is 54.6 Å². The van der Waals surface area contributed by atoms with Gasteiger partial charge in [-0.25, -0.2) is 14.8 Å². The molecule has 154 valence electrons. The summed E-state index contributed by atoms with van der Waals surface area (Å²) in [5.74, 6) is 0.195. The lowest BCUT2D eigenvalue weighted by Gasteiger charge is -2.30. The molecular formula is C22H23N5O3. The van der Waals surface area contributed by atoms with Gasteiger partial charge in [0.1, 0.15) is 5.82 Å². The zero-order valence-corrected chi connectivity index (χ0v) is 16.5. The van der Waals surface area contributed by atoms with Gasteiger partial charge in [-0.1, -0.05) is 30.3 Å². The van der Waals surface area contributed by atoms with Crippen LogP contribution in [0.3, 0.4) is 0 Å². The summed E-state index contributed by atoms with van der Waals surface area (Å²) in [5, 5.41) is 3.64. The van der Waals surface area contributed by atoms with E-state index < -0.39 is 0 Å². The number of rotatable bonds is 4. The molecule has 1 aromatic heterocycles. The molecule has 0 saturated carbocycles. The van der Waals surface area contributed by atoms with Gasteiger partial charge in [-0.15, -0.1) is 0 Å². The highest BCUT2D eigenvalue weighted by molar-refractivity contribution is 5.89. The van der Waals surface area contributed by atoms with Crippen molar-refractivity contribution < 1.29 is 14.3 Å². The number of esters is 1. The van der Waals surface area contributed by atoms with Crippen LogP contribution in [0.1, 0.15) is 18.7 Å². The number of nitrogen functional groups attached to an aromatic ring is 1. The van der Waals surface area contributed by atoms with Crippen molar-refractivity contribution in [1.82, 2.24) is 14.9 Å². The highest BCUT2D eigenvalue weighted by Crippen LogP contribution is 2.21. The number of amides is 2. The van der Waals surface area contributed by atoms with Crippen LogP contribution in [0, 0.1) is 5.92 Å². The van der Waals surface area contributed by atoms with Gasteiger partial charge in [-0.3, -0.25) is 4.79 Å². The minimum absolute atomic E-state index is 0.0252. The van der Waals surface area contributed by atoms with Gasteiger partial charge in [0.05, 0.1) is 11.4 Å². The Balaban J connectivity index is 1.28. The van der Waals surface area contributed by atoms with Crippen molar-refractivity contribution in [3.8, 4) is 0 Å². The topological polar surface area (TPSA) is 110 Å². The summed E-state index contributed by atoms with van der Waals surface area (Å²) in [6.07, 6.45) is 1.11. The number of carbonyl (C=O) groups excluding carboxylic acids is 2. The summed E-state index contributed by atoms with van der Waals surface area (Å²) < 4.78 is 5.42. The molecule has 0 bridgehead atoms. The van der Waals surface area contributed by atoms with Gasteiger partial charge in [0.2, 0.25) is 0 Å². The van der Waals surface area contributed by atoms with Gasteiger partial charge in [-0.2, -0.15) is 0 Å². The van der Waals surface area contributed by atoms with Crippen LogP contribution in [-0.2, 0) is 16.1 Å². The van der Waals surface area contributed by atoms with Crippen LogP contribution >= 0.6 is 0 Å². The molecule has 0 radical (unpaired) electrons. The summed E-state index contributed by atoms with van der Waals surface area (Å²) in [4.78, 5) is 35.2. The molecular weight excluding hydrogens is 382 g/mol. The number of nitrogens with two attached hydrogens (primary N) is 1. The Labute approximate surface area is 174 Å². The molecule has 3 N–H and O–H groups in total. The van der Waals surface area contributed by atoms with E-state index in [2.05, 4.69) is 15.3 Å². The number of fused-ring (bicyclic) bond motifs is 1. The molecule has 30 heavy (non-hydrogen) atoms. The highest BCUT2D eigenvalue weighted by atomic mass is 16.5. The number of urea groups is 1. The van der Waals surface area contributed by atoms with Crippen LogP contribution in [0.5, 0.6) is 0 Å². The quantitative estimate of drug-likeness (QED) is 0.645. The Kier molecular flexibility index (Phi) is 5.74. The van der Waals surface area contributed by atoms with Crippen molar-refractivity contribution >= 4 is 34.4 Å². The lowest BCUT2D eigenvalue weighted by molar-refractivity contribution is -0.151. The zero-order valence-electron chi connectivity index (χ0n) is 16.5. The van der Waals surface area contributed by atoms with E-state index in [1.807, 2.05) is 54.6 Å². The average Bonchev–Trinajstić information content (AvgIpc) is 2.78. The molecule has 0 atom stereocenters. The van der Waals surface area contributed by atoms with Crippen molar-refractivity contribution in [3.05, 3.63) is 60.4 Å². The number of likely N-dealkylation sites (tertiary alicyclic amines) is 1. The van der Waals surface area contributed by atoms with Gasteiger partial charge in [0, 0.05) is 24.2 Å². The summed E-state index contributed by atoms with van der Waals surface area (Å²) >= 11 is 0. The molecule has 0 spiro atoms. The Bertz CT molecular complexity index is 1050. The van der Waals surface area contributed by atoms with E-state index in [4.69, 9.17) is 10.5 Å². The second-order valence-electron chi connectivity index (χ2n) is 7.21. The number of aromatic nitrogens is 2. The number of hydrogen-bond acceptors (Lipinski definition) is 6. The largest absolute Gasteiger partial charge is 0.457 e. The zero-order chi connectivity index (χ0) is 20.9. The van der Waals surface area contributed by atoms with E-state index in [1.54, 1.807) is 4.90 Å². The maximum Gasteiger partial charge on any atom is 0.321 e. The third-order valence-corrected chi connectivity index (χ3v) is 5.16. The number of ether oxygens (including phenoxy) is 1. The molecule has 0 aliphatic carbocycles. The molecule has 2 aromatic carbocycles. The fourth-order valence-corrected chi connectivity index (χ4v) is 3.51. The van der Waals surface area contributed by atoms with E-state index in [1.165, 1.54) is 0 Å². The minimum atomic E-state index is -0.298. The van der Waals surface area contributed by atoms with Gasteiger partial charge in [0.25, 0.3) is 0 Å². The van der Waals surface area contributed by atoms with Crippen molar-refractivity contribution in [3.63, 3.8) is 0 Å². The van der Waals surface area contributed by atoms with Crippen LogP contribution in [0.4, 0.5) is 16.3 Å². The Morgan fingerprint density at radius 2 is 1.73 bits per heavy atom. The number of benzene rings is 2. The Morgan fingerprint density at radius 1 is 1.03 bits per heavy atom. The van der Waals surface area contributed by atoms with Crippen LogP contribution in [-0.4, -0.2) is 40.0 Å². The molecule has 0 unspecified atom stereocenters. The number of para-hydroxylation sites is 2. The van der Waals surface area contributed by atoms with Crippen molar-refractivity contribution in [1.29, 1.82) is 0 Å². The number of nitrogens with one attached hydrogen (secondary N) is 1. The smallest absolute Gasteiger partial charge is 0.321 e. The fraction of sp³-hybridized carbons (Fsp3) is 0.273. The normalized spacial score (nSPS) is 14.5. The van der Waals surface area contributed by atoms with Crippen molar-refractivity contribution in [2.45, 2.75) is 19.4 Å². The van der Waals surface area contributed by atoms with Crippen LogP contribution in [0.25, 0.3) is 10.9 Å². The molecule has 1 fully saturated rings. The molecule has 3 aromatic rings. The van der Waals surface area contributed by atoms with Gasteiger partial charge in [0.15, 0.2) is 12.4 Å². The first-order chi connectivity index (χ1) is 14.6. The minimum Gasteiger partial charge on any atom is -0.457 e. The first-order valence-corrected chi connectivity index (χ1v) is 9.89. The monoisotopic (exact) mass is 405 g/mol. The number of piperidine rings is 1. The SMILES string of the molecule is Nc1nc(COC(=O)C2CCN(C(=O)Nc3ccccc3)CC2)nc2ccccc12. The molecule has 2 amide bonds. The average molecular weight is 405 g/mol. The third-order valence-electron chi connectivity index (χ3n) is 5.16. The summed E-state index contributed by atoms with van der Waals surface area (Å²) in [6, 6.07) is 16.6. The number of carbonyl (C=O) groups is 2. The molecule has 1 aliphatic rings. The van der Waals surface area contributed by atoms with Gasteiger partial charge >= 0.3 is 12.0 Å². The second-order valence-corrected chi connectivity index (χ2v) is 7.21. The Hall–Kier alpha value is -3.68. The summed E-state index contributed by atoms with van der Waals surface area (Å²) in [5.41, 5.74) is 7.44. The van der Waals surface area contributed by atoms with E-state index in [0.717, 1.165) is 11.1 Å². The summed E-state index contributed by atoms with van der Waals surface area (Å²) in [7, 11) is 0. The summed E-state index contributed by atoms with van der Waals surface area (Å²) in [6.45, 7) is 0.971. The number of anilines is 2. The first kappa shape index (κ1) is 19.6. The Morgan fingerprint density at radius 3 is 2.50 bits per heavy atom. The predicted molar refractivity (Wildman–Crippen MR) is 114 cm³/mol. The lowest BCUT2D eigenvalue weighted by atomic mass is 9.97. The second kappa shape index (κ2) is 8.77. The van der Waals surface area contributed by atoms with Gasteiger partial charge < -0.3 is 20.7 Å². The predicted octanol–water partition coefficient (Wildman–Crippen LogP) is 3.20. The molecule has 1 saturated heterocycles. The highest BCUT2D eigenvalue weighted by Gasteiger charge is 2.28. The number of nitrogens with zero attached hydrogens (tertiary/aromatic N) is 3. The van der Waals surface area contributed by atoms with Crippen molar-refractivity contribution in [2.75, 3.05) is 24.1 Å². The van der Waals surface area contributed by atoms with Crippen LogP contribution in [0.2, 0.25) is 0 Å². The molecule has 8 nitrogen and oxygen atoms in total. The van der Waals surface area contributed by atoms with Gasteiger partial charge in [-0.05, 0) is 37.1 Å². The molecule has 1 aliphatic heterocycles. The fourth-order valence-electron chi connectivity index (χ4n) is 3.51. The van der Waals surface area contributed by atoms with Crippen molar-refractivity contribution in [2.24, 2.45) is 5.92 Å². The standard InChI is InChI=1S/C22H23N5O3/c23-20-17-8-4-5-9-18(17)25-19(26-20)14-30-21(28)15-10-12-27(13-11-15)22(29)24-16-6-2-1-3-7-16/h1-9,15H,10-14H2,(H,24,29)(H2,23,25,26).